The molecule has 2 fully saturated rings. The molecule has 1 N–H and O–H groups in total. The highest BCUT2D eigenvalue weighted by Gasteiger charge is 2.27. The van der Waals surface area contributed by atoms with Crippen LogP contribution in [-0.4, -0.2) is 59.7 Å². The highest BCUT2D eigenvalue weighted by molar-refractivity contribution is 5.97. The Bertz CT molecular complexity index is 663. The Morgan fingerprint density at radius 3 is 2.61 bits per heavy atom. The highest BCUT2D eigenvalue weighted by atomic mass is 16.2. The Morgan fingerprint density at radius 2 is 1.91 bits per heavy atom. The van der Waals surface area contributed by atoms with Crippen LogP contribution >= 0.6 is 0 Å². The zero-order chi connectivity index (χ0) is 16.4. The third kappa shape index (κ3) is 3.42. The molecule has 1 aromatic rings. The summed E-state index contributed by atoms with van der Waals surface area (Å²) in [6, 6.07) is 0.814. The normalized spacial score (nSPS) is 23.5. The summed E-state index contributed by atoms with van der Waals surface area (Å²) in [5, 5.41) is 6.50. The van der Waals surface area contributed by atoms with Crippen LogP contribution in [0.1, 0.15) is 25.3 Å². The predicted octanol–water partition coefficient (Wildman–Crippen LogP) is -0.637. The fourth-order valence-corrected chi connectivity index (χ4v) is 2.98. The van der Waals surface area contributed by atoms with Crippen LogP contribution in [0.15, 0.2) is 17.1 Å². The van der Waals surface area contributed by atoms with E-state index in [1.54, 1.807) is 6.20 Å². The van der Waals surface area contributed by atoms with Crippen molar-refractivity contribution >= 4 is 17.5 Å². The van der Waals surface area contributed by atoms with Crippen LogP contribution in [-0.2, 0) is 9.59 Å². The fraction of sp³-hybridized carbons (Fsp3) is 0.600. The standard InChI is InChI=1S/C15H21N5O3/c1-18-5-7-19(8-6-18)11-9-14(22)20(16-10-11)12-3-2-4-13(21)17-15(12)23/h9-10,12H,2-8H2,1H3,(H,17,21,23). The number of carbonyl (C=O) groups excluding carboxylic acids is 2. The molecule has 2 saturated heterocycles. The van der Waals surface area contributed by atoms with Crippen molar-refractivity contribution in [3.8, 4) is 0 Å². The summed E-state index contributed by atoms with van der Waals surface area (Å²) in [5.41, 5.74) is 0.473. The number of nitrogens with zero attached hydrogens (tertiary/aromatic N) is 4. The Labute approximate surface area is 134 Å². The van der Waals surface area contributed by atoms with Crippen LogP contribution in [0.5, 0.6) is 0 Å². The Hall–Kier alpha value is -2.22. The Morgan fingerprint density at radius 1 is 1.17 bits per heavy atom. The summed E-state index contributed by atoms with van der Waals surface area (Å²) in [5.74, 6) is -0.742. The molecule has 0 aliphatic carbocycles. The first kappa shape index (κ1) is 15.7. The van der Waals surface area contributed by atoms with E-state index < -0.39 is 11.9 Å². The summed E-state index contributed by atoms with van der Waals surface area (Å²) in [6.07, 6.45) is 2.94. The number of imide groups is 1. The highest BCUT2D eigenvalue weighted by Crippen LogP contribution is 2.18. The predicted molar refractivity (Wildman–Crippen MR) is 84.2 cm³/mol. The van der Waals surface area contributed by atoms with Gasteiger partial charge in [0.05, 0.1) is 11.9 Å². The average Bonchev–Trinajstić information content (AvgIpc) is 2.68. The molecule has 124 valence electrons. The fourth-order valence-electron chi connectivity index (χ4n) is 2.98. The van der Waals surface area contributed by atoms with E-state index >= 15 is 0 Å². The number of hydrogen-bond acceptors (Lipinski definition) is 6. The van der Waals surface area contributed by atoms with Crippen LogP contribution in [0.3, 0.4) is 0 Å². The number of rotatable bonds is 2. The van der Waals surface area contributed by atoms with Gasteiger partial charge in [-0.05, 0) is 19.9 Å². The number of piperazine rings is 1. The minimum atomic E-state index is -0.713. The molecule has 0 bridgehead atoms. The van der Waals surface area contributed by atoms with Crippen molar-refractivity contribution in [3.05, 3.63) is 22.6 Å². The third-order valence-electron chi connectivity index (χ3n) is 4.42. The Kier molecular flexibility index (Phi) is 4.42. The third-order valence-corrected chi connectivity index (χ3v) is 4.42. The molecule has 3 heterocycles. The van der Waals surface area contributed by atoms with E-state index in [4.69, 9.17) is 0 Å². The number of aromatic nitrogens is 2. The molecular weight excluding hydrogens is 298 g/mol. The largest absolute Gasteiger partial charge is 0.368 e. The van der Waals surface area contributed by atoms with Crippen molar-refractivity contribution in [1.82, 2.24) is 20.0 Å². The van der Waals surface area contributed by atoms with Gasteiger partial charge in [-0.25, -0.2) is 4.68 Å². The van der Waals surface area contributed by atoms with Gasteiger partial charge in [-0.15, -0.1) is 0 Å². The number of nitrogens with one attached hydrogen (secondary N) is 1. The molecule has 0 spiro atoms. The SMILES string of the molecule is CN1CCN(c2cnn(C3CCCC(=O)NC3=O)c(=O)c2)CC1. The van der Waals surface area contributed by atoms with Gasteiger partial charge in [-0.3, -0.25) is 19.7 Å². The van der Waals surface area contributed by atoms with Gasteiger partial charge >= 0.3 is 0 Å². The van der Waals surface area contributed by atoms with E-state index in [1.165, 1.54) is 10.7 Å². The maximum absolute atomic E-state index is 12.4. The topological polar surface area (TPSA) is 87.5 Å². The molecule has 1 aromatic heterocycles. The maximum Gasteiger partial charge on any atom is 0.269 e. The zero-order valence-electron chi connectivity index (χ0n) is 13.2. The summed E-state index contributed by atoms with van der Waals surface area (Å²) in [6.45, 7) is 3.58. The Balaban J connectivity index is 1.80. The van der Waals surface area contributed by atoms with E-state index in [-0.39, 0.29) is 11.5 Å². The molecular formula is C15H21N5O3. The van der Waals surface area contributed by atoms with Gasteiger partial charge in [0.1, 0.15) is 6.04 Å². The molecule has 23 heavy (non-hydrogen) atoms. The van der Waals surface area contributed by atoms with Crippen molar-refractivity contribution in [3.63, 3.8) is 0 Å². The molecule has 1 unspecified atom stereocenters. The second kappa shape index (κ2) is 6.49. The van der Waals surface area contributed by atoms with Crippen molar-refractivity contribution in [1.29, 1.82) is 0 Å². The van der Waals surface area contributed by atoms with Crippen molar-refractivity contribution in [2.75, 3.05) is 38.1 Å². The van der Waals surface area contributed by atoms with Crippen molar-refractivity contribution in [2.24, 2.45) is 0 Å². The number of amides is 2. The van der Waals surface area contributed by atoms with Crippen molar-refractivity contribution in [2.45, 2.75) is 25.3 Å². The quantitative estimate of drug-likeness (QED) is 0.730. The molecule has 0 radical (unpaired) electrons. The van der Waals surface area contributed by atoms with Crippen LogP contribution in [0.25, 0.3) is 0 Å². The minimum Gasteiger partial charge on any atom is -0.368 e. The van der Waals surface area contributed by atoms with Gasteiger partial charge < -0.3 is 9.80 Å². The van der Waals surface area contributed by atoms with E-state index in [0.717, 1.165) is 31.9 Å². The first-order chi connectivity index (χ1) is 11.0. The lowest BCUT2D eigenvalue weighted by molar-refractivity contribution is -0.131. The monoisotopic (exact) mass is 319 g/mol. The van der Waals surface area contributed by atoms with Crippen LogP contribution in [0.4, 0.5) is 5.69 Å². The molecule has 8 nitrogen and oxygen atoms in total. The van der Waals surface area contributed by atoms with Crippen LogP contribution < -0.4 is 15.8 Å². The van der Waals surface area contributed by atoms with Gasteiger partial charge in [0, 0.05) is 38.7 Å². The first-order valence-electron chi connectivity index (χ1n) is 7.90. The van der Waals surface area contributed by atoms with Crippen LogP contribution in [0, 0.1) is 0 Å². The second-order valence-corrected chi connectivity index (χ2v) is 6.11. The lowest BCUT2D eigenvalue weighted by Gasteiger charge is -2.33. The van der Waals surface area contributed by atoms with Gasteiger partial charge in [0.15, 0.2) is 0 Å². The van der Waals surface area contributed by atoms with Crippen molar-refractivity contribution < 1.29 is 9.59 Å². The molecule has 2 aliphatic heterocycles. The van der Waals surface area contributed by atoms with E-state index in [9.17, 15) is 14.4 Å². The minimum absolute atomic E-state index is 0.292. The first-order valence-corrected chi connectivity index (χ1v) is 7.90. The van der Waals surface area contributed by atoms with Gasteiger partial charge in [-0.2, -0.15) is 5.10 Å². The van der Waals surface area contributed by atoms with E-state index in [2.05, 4.69) is 27.3 Å². The molecule has 0 aromatic carbocycles. The second-order valence-electron chi connectivity index (χ2n) is 6.11. The van der Waals surface area contributed by atoms with Gasteiger partial charge in [0.25, 0.3) is 11.5 Å². The number of carbonyl (C=O) groups is 2. The zero-order valence-corrected chi connectivity index (χ0v) is 13.2. The summed E-state index contributed by atoms with van der Waals surface area (Å²) in [7, 11) is 2.07. The lowest BCUT2D eigenvalue weighted by Crippen LogP contribution is -2.45. The molecule has 2 amide bonds. The van der Waals surface area contributed by atoms with E-state index in [1.807, 2.05) is 0 Å². The average molecular weight is 319 g/mol. The number of hydrogen-bond donors (Lipinski definition) is 1. The molecule has 8 heteroatoms. The van der Waals surface area contributed by atoms with Crippen LogP contribution in [0.2, 0.25) is 0 Å². The summed E-state index contributed by atoms with van der Waals surface area (Å²) < 4.78 is 1.19. The molecule has 3 rings (SSSR count). The molecule has 2 aliphatic rings. The lowest BCUT2D eigenvalue weighted by atomic mass is 10.1. The summed E-state index contributed by atoms with van der Waals surface area (Å²) in [4.78, 5) is 40.2. The van der Waals surface area contributed by atoms with E-state index in [0.29, 0.717) is 19.3 Å². The smallest absolute Gasteiger partial charge is 0.269 e. The van der Waals surface area contributed by atoms with Gasteiger partial charge in [-0.1, -0.05) is 0 Å². The number of likely N-dealkylation sites (N-methyl/N-ethyl adjacent to an activating group) is 1. The van der Waals surface area contributed by atoms with Gasteiger partial charge in [0.2, 0.25) is 5.91 Å². The number of anilines is 1. The molecule has 1 atom stereocenters. The maximum atomic E-state index is 12.4. The molecule has 0 saturated carbocycles. The summed E-state index contributed by atoms with van der Waals surface area (Å²) >= 11 is 0.